The van der Waals surface area contributed by atoms with Crippen LogP contribution in [-0.4, -0.2) is 60.9 Å². The highest BCUT2D eigenvalue weighted by molar-refractivity contribution is 7.27. The normalized spacial score (nSPS) is 19.0. The van der Waals surface area contributed by atoms with E-state index in [1.807, 2.05) is 15.9 Å². The fourth-order valence-corrected chi connectivity index (χ4v) is 5.56. The summed E-state index contributed by atoms with van der Waals surface area (Å²) in [6.45, 7) is 4.47. The van der Waals surface area contributed by atoms with Gasteiger partial charge in [0.25, 0.3) is 5.91 Å². The number of nitrogens with one attached hydrogen (secondary N) is 1. The molecule has 0 spiro atoms. The summed E-state index contributed by atoms with van der Waals surface area (Å²) in [4.78, 5) is 29.9. The van der Waals surface area contributed by atoms with Crippen molar-refractivity contribution in [2.24, 2.45) is 5.92 Å². The number of fused-ring (bicyclic) bond motifs is 1. The Morgan fingerprint density at radius 2 is 1.72 bits per heavy atom. The zero-order valence-corrected chi connectivity index (χ0v) is 16.4. The summed E-state index contributed by atoms with van der Waals surface area (Å²) >= 11 is 3.24. The Bertz CT molecular complexity index is 717. The van der Waals surface area contributed by atoms with Crippen molar-refractivity contribution >= 4 is 56.3 Å². The van der Waals surface area contributed by atoms with Gasteiger partial charge in [-0.1, -0.05) is 0 Å². The molecule has 0 aliphatic carbocycles. The molecule has 4 rings (SSSR count). The monoisotopic (exact) mass is 399 g/mol. The quantitative estimate of drug-likeness (QED) is 0.844. The molecule has 2 aromatic heterocycles. The molecule has 1 N–H and O–H groups in total. The minimum Gasteiger partial charge on any atom is -0.339 e. The first kappa shape index (κ1) is 18.6. The van der Waals surface area contributed by atoms with Gasteiger partial charge in [-0.25, -0.2) is 0 Å². The van der Waals surface area contributed by atoms with E-state index in [9.17, 15) is 9.59 Å². The third kappa shape index (κ3) is 3.84. The molecule has 2 saturated heterocycles. The molecule has 2 aliphatic rings. The zero-order valence-electron chi connectivity index (χ0n) is 13.9. The molecule has 0 radical (unpaired) electrons. The Morgan fingerprint density at radius 1 is 1.04 bits per heavy atom. The van der Waals surface area contributed by atoms with E-state index in [-0.39, 0.29) is 30.1 Å². The molecule has 0 saturated carbocycles. The number of hydrogen-bond acceptors (Lipinski definition) is 5. The molecule has 4 heterocycles. The number of rotatable bonds is 2. The van der Waals surface area contributed by atoms with Crippen molar-refractivity contribution in [3.8, 4) is 0 Å². The van der Waals surface area contributed by atoms with Crippen LogP contribution in [-0.2, 0) is 4.79 Å². The zero-order chi connectivity index (χ0) is 16.5. The molecule has 0 atom stereocenters. The molecular formula is C17H22ClN3O2S2. The van der Waals surface area contributed by atoms with E-state index in [0.717, 1.165) is 30.8 Å². The Morgan fingerprint density at radius 3 is 2.40 bits per heavy atom. The van der Waals surface area contributed by atoms with Crippen LogP contribution in [0.3, 0.4) is 0 Å². The minimum atomic E-state index is 0. The molecule has 5 nitrogen and oxygen atoms in total. The van der Waals surface area contributed by atoms with E-state index >= 15 is 0 Å². The topological polar surface area (TPSA) is 52.7 Å². The summed E-state index contributed by atoms with van der Waals surface area (Å²) in [5.74, 6) is 0.551. The van der Waals surface area contributed by atoms with Crippen LogP contribution in [0.1, 0.15) is 22.5 Å². The van der Waals surface area contributed by atoms with Crippen molar-refractivity contribution < 1.29 is 9.59 Å². The van der Waals surface area contributed by atoms with Gasteiger partial charge in [-0.05, 0) is 43.4 Å². The van der Waals surface area contributed by atoms with Crippen LogP contribution in [0.2, 0.25) is 0 Å². The molecule has 2 fully saturated rings. The van der Waals surface area contributed by atoms with Gasteiger partial charge in [-0.2, -0.15) is 0 Å². The van der Waals surface area contributed by atoms with Gasteiger partial charge in [0.1, 0.15) is 0 Å². The lowest BCUT2D eigenvalue weighted by Gasteiger charge is -2.37. The largest absolute Gasteiger partial charge is 0.339 e. The van der Waals surface area contributed by atoms with E-state index in [0.29, 0.717) is 26.2 Å². The first-order chi connectivity index (χ1) is 11.7. The minimum absolute atomic E-state index is 0. The van der Waals surface area contributed by atoms with E-state index in [4.69, 9.17) is 0 Å². The van der Waals surface area contributed by atoms with Crippen molar-refractivity contribution in [2.45, 2.75) is 12.8 Å². The molecule has 25 heavy (non-hydrogen) atoms. The number of halogens is 1. The molecule has 0 aromatic carbocycles. The smallest absolute Gasteiger partial charge is 0.264 e. The van der Waals surface area contributed by atoms with E-state index in [2.05, 4.69) is 16.8 Å². The molecule has 2 amide bonds. The second-order valence-corrected chi connectivity index (χ2v) is 8.43. The lowest BCUT2D eigenvalue weighted by atomic mass is 9.96. The highest BCUT2D eigenvalue weighted by Crippen LogP contribution is 2.31. The second kappa shape index (κ2) is 8.03. The Balaban J connectivity index is 0.00000182. The van der Waals surface area contributed by atoms with Crippen molar-refractivity contribution in [1.82, 2.24) is 15.1 Å². The predicted molar refractivity (Wildman–Crippen MR) is 105 cm³/mol. The van der Waals surface area contributed by atoms with Crippen LogP contribution < -0.4 is 5.32 Å². The fraction of sp³-hybridized carbons (Fsp3) is 0.529. The summed E-state index contributed by atoms with van der Waals surface area (Å²) in [6, 6.07) is 4.07. The summed E-state index contributed by atoms with van der Waals surface area (Å²) in [6.07, 6.45) is 1.87. The number of hydrogen-bond donors (Lipinski definition) is 1. The average molecular weight is 400 g/mol. The molecule has 0 unspecified atom stereocenters. The van der Waals surface area contributed by atoms with E-state index < -0.39 is 0 Å². The van der Waals surface area contributed by atoms with Crippen LogP contribution >= 0.6 is 35.1 Å². The maximum atomic E-state index is 12.7. The first-order valence-corrected chi connectivity index (χ1v) is 10.2. The average Bonchev–Trinajstić information content (AvgIpc) is 3.23. The van der Waals surface area contributed by atoms with Gasteiger partial charge >= 0.3 is 0 Å². The Hall–Kier alpha value is -1.15. The van der Waals surface area contributed by atoms with Gasteiger partial charge in [-0.3, -0.25) is 9.59 Å². The molecule has 0 bridgehead atoms. The molecule has 2 aromatic rings. The molecule has 8 heteroatoms. The van der Waals surface area contributed by atoms with Crippen LogP contribution in [0, 0.1) is 5.92 Å². The SMILES string of the molecule is Cl.O=C(c1cc2sccc2s1)N1CCN(C(=O)C2CCNCC2)CC1. The van der Waals surface area contributed by atoms with Crippen LogP contribution in [0.4, 0.5) is 0 Å². The Kier molecular flexibility index (Phi) is 5.99. The third-order valence-corrected chi connectivity index (χ3v) is 7.00. The van der Waals surface area contributed by atoms with E-state index in [1.165, 1.54) is 9.40 Å². The van der Waals surface area contributed by atoms with Crippen molar-refractivity contribution in [3.05, 3.63) is 22.4 Å². The third-order valence-electron chi connectivity index (χ3n) is 4.92. The number of carbonyl (C=O) groups excluding carboxylic acids is 2. The predicted octanol–water partition coefficient (Wildman–Crippen LogP) is 2.67. The van der Waals surface area contributed by atoms with Gasteiger partial charge in [0.15, 0.2) is 0 Å². The number of amides is 2. The van der Waals surface area contributed by atoms with Crippen molar-refractivity contribution in [3.63, 3.8) is 0 Å². The van der Waals surface area contributed by atoms with Crippen molar-refractivity contribution in [2.75, 3.05) is 39.3 Å². The van der Waals surface area contributed by atoms with Gasteiger partial charge in [0.05, 0.1) is 4.88 Å². The second-order valence-electron chi connectivity index (χ2n) is 6.40. The van der Waals surface area contributed by atoms with Gasteiger partial charge < -0.3 is 15.1 Å². The van der Waals surface area contributed by atoms with Gasteiger partial charge in [0.2, 0.25) is 5.91 Å². The summed E-state index contributed by atoms with van der Waals surface area (Å²) in [7, 11) is 0. The molecule has 136 valence electrons. The molecular weight excluding hydrogens is 378 g/mol. The van der Waals surface area contributed by atoms with Crippen molar-refractivity contribution in [1.29, 1.82) is 0 Å². The standard InChI is InChI=1S/C17H21N3O2S2.ClH/c21-16(12-1-4-18-5-2-12)19-6-8-20(9-7-19)17(22)15-11-14-13(24-15)3-10-23-14;/h3,10-12,18H,1-2,4-9H2;1H. The number of nitrogens with zero attached hydrogens (tertiary/aromatic N) is 2. The Labute approximate surface area is 161 Å². The van der Waals surface area contributed by atoms with Gasteiger partial charge in [0, 0.05) is 41.5 Å². The maximum absolute atomic E-state index is 12.7. The fourth-order valence-electron chi connectivity index (χ4n) is 3.48. The lowest BCUT2D eigenvalue weighted by Crippen LogP contribution is -2.52. The lowest BCUT2D eigenvalue weighted by molar-refractivity contribution is -0.137. The highest BCUT2D eigenvalue weighted by atomic mass is 35.5. The maximum Gasteiger partial charge on any atom is 0.264 e. The van der Waals surface area contributed by atoms with Crippen LogP contribution in [0.25, 0.3) is 9.40 Å². The number of thiophene rings is 2. The number of carbonyl (C=O) groups is 2. The molecule has 2 aliphatic heterocycles. The van der Waals surface area contributed by atoms with Crippen LogP contribution in [0.5, 0.6) is 0 Å². The summed E-state index contributed by atoms with van der Waals surface area (Å²) in [5.41, 5.74) is 0. The van der Waals surface area contributed by atoms with Crippen LogP contribution in [0.15, 0.2) is 17.5 Å². The highest BCUT2D eigenvalue weighted by Gasteiger charge is 2.30. The van der Waals surface area contributed by atoms with Gasteiger partial charge in [-0.15, -0.1) is 35.1 Å². The first-order valence-electron chi connectivity index (χ1n) is 8.48. The van der Waals surface area contributed by atoms with E-state index in [1.54, 1.807) is 22.7 Å². The summed E-state index contributed by atoms with van der Waals surface area (Å²) in [5, 5.41) is 5.36. The number of piperidine rings is 1. The number of piperazine rings is 1. The summed E-state index contributed by atoms with van der Waals surface area (Å²) < 4.78 is 2.37.